The van der Waals surface area contributed by atoms with E-state index in [0.717, 1.165) is 28.9 Å². The fourth-order valence-corrected chi connectivity index (χ4v) is 3.05. The number of amides is 1. The van der Waals surface area contributed by atoms with Crippen molar-refractivity contribution in [2.75, 3.05) is 11.9 Å². The highest BCUT2D eigenvalue weighted by Gasteiger charge is 2.15. The number of benzene rings is 2. The summed E-state index contributed by atoms with van der Waals surface area (Å²) in [6, 6.07) is 19.6. The van der Waals surface area contributed by atoms with Gasteiger partial charge in [-0.3, -0.25) is 4.79 Å². The molecule has 3 aromatic rings. The third-order valence-electron chi connectivity index (χ3n) is 4.51. The van der Waals surface area contributed by atoms with Gasteiger partial charge >= 0.3 is 0 Å². The molecule has 0 aliphatic carbocycles. The molecule has 0 bridgehead atoms. The van der Waals surface area contributed by atoms with E-state index in [0.29, 0.717) is 5.76 Å². The van der Waals surface area contributed by atoms with Crippen LogP contribution in [0.3, 0.4) is 0 Å². The summed E-state index contributed by atoms with van der Waals surface area (Å²) in [5.74, 6) is 0.639. The van der Waals surface area contributed by atoms with Gasteiger partial charge in [0.25, 0.3) is 0 Å². The van der Waals surface area contributed by atoms with Crippen LogP contribution in [0.25, 0.3) is 16.8 Å². The second-order valence-electron chi connectivity index (χ2n) is 6.77. The van der Waals surface area contributed by atoms with Crippen LogP contribution in [0, 0.1) is 6.92 Å². The maximum atomic E-state index is 12.3. The Hall–Kier alpha value is -3.60. The molecule has 1 N–H and O–H groups in total. The molecule has 140 valence electrons. The van der Waals surface area contributed by atoms with Gasteiger partial charge in [0.05, 0.1) is 0 Å². The lowest BCUT2D eigenvalue weighted by Gasteiger charge is -2.20. The molecule has 1 aliphatic rings. The molecule has 5 heteroatoms. The van der Waals surface area contributed by atoms with Crippen molar-refractivity contribution >= 4 is 17.2 Å². The Morgan fingerprint density at radius 1 is 1.14 bits per heavy atom. The number of anilines is 1. The first-order chi connectivity index (χ1) is 13.7. The second kappa shape index (κ2) is 7.96. The molecule has 2 heterocycles. The van der Waals surface area contributed by atoms with Crippen LogP contribution in [0.4, 0.5) is 5.69 Å². The normalized spacial score (nSPS) is 13.3. The van der Waals surface area contributed by atoms with E-state index in [1.54, 1.807) is 0 Å². The topological polar surface area (TPSA) is 58.4 Å². The monoisotopic (exact) mass is 371 g/mol. The van der Waals surface area contributed by atoms with E-state index < -0.39 is 0 Å². The van der Waals surface area contributed by atoms with E-state index in [1.807, 2.05) is 71.9 Å². The molecule has 0 unspecified atom stereocenters. The van der Waals surface area contributed by atoms with Gasteiger partial charge in [-0.1, -0.05) is 59.3 Å². The third kappa shape index (κ3) is 4.20. The van der Waals surface area contributed by atoms with Crippen molar-refractivity contribution in [2.45, 2.75) is 13.3 Å². The summed E-state index contributed by atoms with van der Waals surface area (Å²) in [5.41, 5.74) is 4.80. The third-order valence-corrected chi connectivity index (χ3v) is 4.51. The number of rotatable bonds is 5. The zero-order valence-electron chi connectivity index (χ0n) is 15.6. The molecule has 0 fully saturated rings. The number of carbonyl (C=O) groups is 1. The van der Waals surface area contributed by atoms with Gasteiger partial charge in [0.1, 0.15) is 12.2 Å². The molecule has 2 aromatic carbocycles. The van der Waals surface area contributed by atoms with E-state index in [-0.39, 0.29) is 12.5 Å². The molecule has 5 nitrogen and oxygen atoms in total. The molecule has 0 saturated heterocycles. The number of aromatic nitrogens is 1. The van der Waals surface area contributed by atoms with Gasteiger partial charge < -0.3 is 14.7 Å². The summed E-state index contributed by atoms with van der Waals surface area (Å²) in [7, 11) is 0. The summed E-state index contributed by atoms with van der Waals surface area (Å²) in [6.07, 6.45) is 6.59. The van der Waals surface area contributed by atoms with E-state index in [2.05, 4.69) is 29.5 Å². The number of nitrogens with zero attached hydrogens (tertiary/aromatic N) is 2. The van der Waals surface area contributed by atoms with Crippen molar-refractivity contribution in [3.8, 4) is 11.3 Å². The van der Waals surface area contributed by atoms with Crippen LogP contribution >= 0.6 is 0 Å². The Kier molecular flexibility index (Phi) is 5.06. The number of hydrogen-bond donors (Lipinski definition) is 1. The minimum absolute atomic E-state index is 0.0775. The Balaban J connectivity index is 1.44. The van der Waals surface area contributed by atoms with Crippen molar-refractivity contribution in [1.82, 2.24) is 10.1 Å². The summed E-state index contributed by atoms with van der Waals surface area (Å²) >= 11 is 0. The molecule has 0 saturated carbocycles. The molecule has 0 spiro atoms. The van der Waals surface area contributed by atoms with Gasteiger partial charge in [-0.05, 0) is 25.5 Å². The average molecular weight is 371 g/mol. The van der Waals surface area contributed by atoms with Crippen LogP contribution in [0.15, 0.2) is 83.7 Å². The fraction of sp³-hybridized carbons (Fsp3) is 0.130. The Bertz CT molecular complexity index is 1020. The lowest BCUT2D eigenvalue weighted by Crippen LogP contribution is -2.27. The molecular formula is C23H21N3O2. The standard InChI is InChI=1S/C23H21N3O2/c1-17-9-11-18(12-10-17)21-14-22(28-25-21)19-6-5-13-26(15-19)16-23(27)24-20-7-3-2-4-8-20/h2-5,7-15H,6,16H2,1H3,(H,24,27). The number of para-hydroxylation sites is 1. The zero-order valence-corrected chi connectivity index (χ0v) is 15.6. The van der Waals surface area contributed by atoms with E-state index in [9.17, 15) is 4.79 Å². The molecular weight excluding hydrogens is 350 g/mol. The first-order valence-corrected chi connectivity index (χ1v) is 9.19. The Morgan fingerprint density at radius 2 is 1.93 bits per heavy atom. The maximum Gasteiger partial charge on any atom is 0.244 e. The Labute approximate surface area is 164 Å². The second-order valence-corrected chi connectivity index (χ2v) is 6.77. The number of nitrogens with one attached hydrogen (secondary N) is 1. The van der Waals surface area contributed by atoms with Crippen LogP contribution in [0.2, 0.25) is 0 Å². The van der Waals surface area contributed by atoms with Crippen LogP contribution in [-0.4, -0.2) is 22.5 Å². The minimum atomic E-state index is -0.0775. The summed E-state index contributed by atoms with van der Waals surface area (Å²) in [5, 5.41) is 7.09. The number of hydrogen-bond acceptors (Lipinski definition) is 4. The van der Waals surface area contributed by atoms with E-state index in [1.165, 1.54) is 5.56 Å². The van der Waals surface area contributed by atoms with Crippen molar-refractivity contribution in [2.24, 2.45) is 0 Å². The highest BCUT2D eigenvalue weighted by Crippen LogP contribution is 2.27. The van der Waals surface area contributed by atoms with Crippen LogP contribution in [0.5, 0.6) is 0 Å². The average Bonchev–Trinajstić information content (AvgIpc) is 3.20. The largest absolute Gasteiger partial charge is 0.356 e. The summed E-state index contributed by atoms with van der Waals surface area (Å²) in [6.45, 7) is 2.29. The molecule has 0 radical (unpaired) electrons. The van der Waals surface area contributed by atoms with E-state index in [4.69, 9.17) is 4.52 Å². The first kappa shape index (κ1) is 17.8. The number of carbonyl (C=O) groups excluding carboxylic acids is 1. The lowest BCUT2D eigenvalue weighted by molar-refractivity contribution is -0.116. The van der Waals surface area contributed by atoms with Gasteiger partial charge in [-0.15, -0.1) is 0 Å². The van der Waals surface area contributed by atoms with Crippen LogP contribution < -0.4 is 5.32 Å². The zero-order chi connectivity index (χ0) is 19.3. The summed E-state index contributed by atoms with van der Waals surface area (Å²) in [4.78, 5) is 14.1. The lowest BCUT2D eigenvalue weighted by atomic mass is 10.1. The molecule has 28 heavy (non-hydrogen) atoms. The highest BCUT2D eigenvalue weighted by atomic mass is 16.5. The van der Waals surface area contributed by atoms with Crippen molar-refractivity contribution in [3.63, 3.8) is 0 Å². The predicted molar refractivity (Wildman–Crippen MR) is 110 cm³/mol. The number of aryl methyl sites for hydroxylation is 1. The van der Waals surface area contributed by atoms with Crippen molar-refractivity contribution in [3.05, 3.63) is 90.5 Å². The van der Waals surface area contributed by atoms with Crippen molar-refractivity contribution < 1.29 is 9.32 Å². The Morgan fingerprint density at radius 3 is 2.71 bits per heavy atom. The van der Waals surface area contributed by atoms with Crippen molar-refractivity contribution in [1.29, 1.82) is 0 Å². The molecule has 0 atom stereocenters. The van der Waals surface area contributed by atoms with Crippen LogP contribution in [0.1, 0.15) is 17.7 Å². The first-order valence-electron chi connectivity index (χ1n) is 9.19. The molecule has 1 amide bonds. The van der Waals surface area contributed by atoms with Gasteiger partial charge in [0.2, 0.25) is 5.91 Å². The quantitative estimate of drug-likeness (QED) is 0.697. The van der Waals surface area contributed by atoms with E-state index >= 15 is 0 Å². The molecule has 4 rings (SSSR count). The minimum Gasteiger partial charge on any atom is -0.356 e. The summed E-state index contributed by atoms with van der Waals surface area (Å²) < 4.78 is 5.56. The molecule has 1 aromatic heterocycles. The highest BCUT2D eigenvalue weighted by molar-refractivity contribution is 5.92. The van der Waals surface area contributed by atoms with Gasteiger partial charge in [-0.25, -0.2) is 0 Å². The maximum absolute atomic E-state index is 12.3. The number of allylic oxidation sites excluding steroid dienone is 2. The molecule has 1 aliphatic heterocycles. The SMILES string of the molecule is Cc1ccc(-c2cc(C3=CN(CC(=O)Nc4ccccc4)C=CC3)on2)cc1. The van der Waals surface area contributed by atoms with Gasteiger partial charge in [0.15, 0.2) is 5.76 Å². The smallest absolute Gasteiger partial charge is 0.244 e. The van der Waals surface area contributed by atoms with Gasteiger partial charge in [-0.2, -0.15) is 0 Å². The van der Waals surface area contributed by atoms with Gasteiger partial charge in [0, 0.05) is 35.3 Å². The van der Waals surface area contributed by atoms with Crippen LogP contribution in [-0.2, 0) is 4.79 Å². The fourth-order valence-electron chi connectivity index (χ4n) is 3.05. The predicted octanol–water partition coefficient (Wildman–Crippen LogP) is 4.85.